The third kappa shape index (κ3) is 5.65. The molecule has 3 rings (SSSR count). The topological polar surface area (TPSA) is 62.7 Å². The van der Waals surface area contributed by atoms with Crippen molar-refractivity contribution in [3.05, 3.63) is 59.1 Å². The van der Waals surface area contributed by atoms with Gasteiger partial charge in [0, 0.05) is 13.6 Å². The van der Waals surface area contributed by atoms with E-state index in [0.29, 0.717) is 13.0 Å². The monoisotopic (exact) mass is 410 g/mol. The number of amides is 1. The highest BCUT2D eigenvalue weighted by molar-refractivity contribution is 7.19. The molecule has 1 unspecified atom stereocenters. The highest BCUT2D eigenvalue weighted by atomic mass is 32.1. The van der Waals surface area contributed by atoms with Crippen LogP contribution in [0.1, 0.15) is 30.3 Å². The Morgan fingerprint density at radius 2 is 2.07 bits per heavy atom. The Labute approximate surface area is 175 Å². The van der Waals surface area contributed by atoms with Gasteiger partial charge in [-0.3, -0.25) is 4.79 Å². The number of rotatable bonds is 8. The number of hydrogen-bond donors (Lipinski definition) is 1. The second-order valence-corrected chi connectivity index (χ2v) is 8.09. The van der Waals surface area contributed by atoms with Crippen LogP contribution in [0.3, 0.4) is 0 Å². The van der Waals surface area contributed by atoms with Gasteiger partial charge in [-0.05, 0) is 54.8 Å². The summed E-state index contributed by atoms with van der Waals surface area (Å²) in [5.74, 6) is 0.766. The fourth-order valence-electron chi connectivity index (χ4n) is 2.93. The first-order valence-corrected chi connectivity index (χ1v) is 10.4. The predicted molar refractivity (Wildman–Crippen MR) is 119 cm³/mol. The smallest absolute Gasteiger partial charge is 0.226 e. The number of aromatic nitrogens is 1. The standard InChI is InChI=1S/C23H26N2O3S/c1-16(26)11-12-25(2)22(27)15-18(13-17-7-6-8-19(14-17)28-3)23-24-20-9-4-5-10-21(20)29-23/h4-10,13-14,16,26H,11-12,15H2,1-3H3/b18-13-. The molecule has 5 nitrogen and oxygen atoms in total. The van der Waals surface area contributed by atoms with Gasteiger partial charge in [0.15, 0.2) is 0 Å². The minimum Gasteiger partial charge on any atom is -0.497 e. The molecule has 1 amide bonds. The Morgan fingerprint density at radius 1 is 1.28 bits per heavy atom. The molecule has 0 saturated carbocycles. The van der Waals surface area contributed by atoms with Crippen LogP contribution < -0.4 is 4.74 Å². The van der Waals surface area contributed by atoms with E-state index in [0.717, 1.165) is 32.1 Å². The first-order valence-electron chi connectivity index (χ1n) is 9.59. The summed E-state index contributed by atoms with van der Waals surface area (Å²) in [5, 5.41) is 10.3. The van der Waals surface area contributed by atoms with Gasteiger partial charge in [-0.2, -0.15) is 0 Å². The number of ether oxygens (including phenoxy) is 1. The first kappa shape index (κ1) is 21.0. The van der Waals surface area contributed by atoms with Crippen LogP contribution in [0.5, 0.6) is 5.75 Å². The Balaban J connectivity index is 1.92. The van der Waals surface area contributed by atoms with Crippen molar-refractivity contribution in [2.24, 2.45) is 0 Å². The van der Waals surface area contributed by atoms with Crippen molar-refractivity contribution < 1.29 is 14.6 Å². The molecule has 0 fully saturated rings. The van der Waals surface area contributed by atoms with E-state index in [1.54, 1.807) is 37.3 Å². The zero-order valence-corrected chi connectivity index (χ0v) is 17.8. The molecule has 1 aromatic heterocycles. The summed E-state index contributed by atoms with van der Waals surface area (Å²) in [5.41, 5.74) is 2.75. The van der Waals surface area contributed by atoms with Gasteiger partial charge in [-0.15, -0.1) is 11.3 Å². The number of hydrogen-bond acceptors (Lipinski definition) is 5. The van der Waals surface area contributed by atoms with Crippen molar-refractivity contribution >= 4 is 39.1 Å². The van der Waals surface area contributed by atoms with E-state index >= 15 is 0 Å². The summed E-state index contributed by atoms with van der Waals surface area (Å²) in [7, 11) is 3.41. The number of carbonyl (C=O) groups excluding carboxylic acids is 1. The van der Waals surface area contributed by atoms with E-state index in [9.17, 15) is 9.90 Å². The van der Waals surface area contributed by atoms with Crippen molar-refractivity contribution in [2.75, 3.05) is 20.7 Å². The van der Waals surface area contributed by atoms with Crippen LogP contribution in [0.4, 0.5) is 0 Å². The van der Waals surface area contributed by atoms with Crippen molar-refractivity contribution in [3.63, 3.8) is 0 Å². The lowest BCUT2D eigenvalue weighted by Crippen LogP contribution is -2.29. The Bertz CT molecular complexity index is 977. The van der Waals surface area contributed by atoms with Crippen LogP contribution in [0, 0.1) is 0 Å². The van der Waals surface area contributed by atoms with Crippen molar-refractivity contribution in [1.82, 2.24) is 9.88 Å². The van der Waals surface area contributed by atoms with Crippen LogP contribution in [-0.2, 0) is 4.79 Å². The van der Waals surface area contributed by atoms with Crippen molar-refractivity contribution in [3.8, 4) is 5.75 Å². The predicted octanol–water partition coefficient (Wildman–Crippen LogP) is 4.46. The van der Waals surface area contributed by atoms with Crippen LogP contribution in [0.2, 0.25) is 0 Å². The van der Waals surface area contributed by atoms with Gasteiger partial charge in [-0.25, -0.2) is 4.98 Å². The normalized spacial score (nSPS) is 12.8. The summed E-state index contributed by atoms with van der Waals surface area (Å²) in [6, 6.07) is 15.7. The van der Waals surface area contributed by atoms with Crippen LogP contribution in [-0.4, -0.2) is 47.7 Å². The summed E-state index contributed by atoms with van der Waals surface area (Å²) in [6.45, 7) is 2.25. The highest BCUT2D eigenvalue weighted by Gasteiger charge is 2.16. The average Bonchev–Trinajstić information content (AvgIpc) is 3.15. The SMILES string of the molecule is COc1cccc(/C=C(/CC(=O)N(C)CCC(C)O)c2nc3ccccc3s2)c1. The molecule has 0 aliphatic heterocycles. The Kier molecular flexibility index (Phi) is 7.01. The number of aliphatic hydroxyl groups is 1. The maximum absolute atomic E-state index is 12.8. The summed E-state index contributed by atoms with van der Waals surface area (Å²) in [6.07, 6.45) is 2.37. The highest BCUT2D eigenvalue weighted by Crippen LogP contribution is 2.31. The molecule has 0 bridgehead atoms. The number of nitrogens with zero attached hydrogens (tertiary/aromatic N) is 2. The van der Waals surface area contributed by atoms with E-state index < -0.39 is 6.10 Å². The molecule has 3 aromatic rings. The number of aliphatic hydroxyl groups excluding tert-OH is 1. The lowest BCUT2D eigenvalue weighted by Gasteiger charge is -2.18. The van der Waals surface area contributed by atoms with Crippen molar-refractivity contribution in [2.45, 2.75) is 25.9 Å². The Morgan fingerprint density at radius 3 is 2.79 bits per heavy atom. The van der Waals surface area contributed by atoms with Gasteiger partial charge in [0.1, 0.15) is 10.8 Å². The number of benzene rings is 2. The average molecular weight is 411 g/mol. The molecule has 0 aliphatic carbocycles. The zero-order chi connectivity index (χ0) is 20.8. The minimum absolute atomic E-state index is 0.000878. The van der Waals surface area contributed by atoms with E-state index in [1.165, 1.54) is 0 Å². The van der Waals surface area contributed by atoms with Crippen LogP contribution in [0.25, 0.3) is 21.9 Å². The molecule has 0 radical (unpaired) electrons. The van der Waals surface area contributed by atoms with Crippen LogP contribution >= 0.6 is 11.3 Å². The maximum Gasteiger partial charge on any atom is 0.226 e. The van der Waals surface area contributed by atoms with Crippen LogP contribution in [0.15, 0.2) is 48.5 Å². The van der Waals surface area contributed by atoms with E-state index in [-0.39, 0.29) is 12.3 Å². The molecule has 1 N–H and O–H groups in total. The fourth-order valence-corrected chi connectivity index (χ4v) is 3.91. The van der Waals surface area contributed by atoms with Gasteiger partial charge >= 0.3 is 0 Å². The second kappa shape index (κ2) is 9.67. The third-order valence-corrected chi connectivity index (χ3v) is 5.76. The minimum atomic E-state index is -0.429. The lowest BCUT2D eigenvalue weighted by molar-refractivity contribution is -0.129. The zero-order valence-electron chi connectivity index (χ0n) is 17.0. The van der Waals surface area contributed by atoms with Gasteiger partial charge in [0.2, 0.25) is 5.91 Å². The molecule has 2 aromatic carbocycles. The van der Waals surface area contributed by atoms with E-state index in [1.807, 2.05) is 54.6 Å². The Hall–Kier alpha value is -2.70. The molecule has 0 aliphatic rings. The van der Waals surface area contributed by atoms with Gasteiger partial charge in [0.05, 0.1) is 29.9 Å². The van der Waals surface area contributed by atoms with Crippen molar-refractivity contribution in [1.29, 1.82) is 0 Å². The van der Waals surface area contributed by atoms with Gasteiger partial charge in [0.25, 0.3) is 0 Å². The quantitative estimate of drug-likeness (QED) is 0.595. The van der Waals surface area contributed by atoms with E-state index in [2.05, 4.69) is 0 Å². The fraction of sp³-hybridized carbons (Fsp3) is 0.304. The van der Waals surface area contributed by atoms with E-state index in [4.69, 9.17) is 9.72 Å². The molecule has 6 heteroatoms. The lowest BCUT2D eigenvalue weighted by atomic mass is 10.1. The number of fused-ring (bicyclic) bond motifs is 1. The molecule has 0 saturated heterocycles. The number of para-hydroxylation sites is 1. The summed E-state index contributed by atoms with van der Waals surface area (Å²) in [4.78, 5) is 19.2. The summed E-state index contributed by atoms with van der Waals surface area (Å²) >= 11 is 1.59. The molecule has 152 valence electrons. The second-order valence-electron chi connectivity index (χ2n) is 7.06. The van der Waals surface area contributed by atoms with Gasteiger partial charge in [-0.1, -0.05) is 24.3 Å². The molecule has 0 spiro atoms. The third-order valence-electron chi connectivity index (χ3n) is 4.65. The number of carbonyl (C=O) groups is 1. The number of thiazole rings is 1. The maximum atomic E-state index is 12.8. The molecule has 1 atom stereocenters. The molecular formula is C23H26N2O3S. The number of methoxy groups -OCH3 is 1. The molecule has 1 heterocycles. The van der Waals surface area contributed by atoms with Gasteiger partial charge < -0.3 is 14.7 Å². The summed E-state index contributed by atoms with van der Waals surface area (Å²) < 4.78 is 6.41. The molecule has 29 heavy (non-hydrogen) atoms. The molecular weight excluding hydrogens is 384 g/mol. The largest absolute Gasteiger partial charge is 0.497 e. The first-order chi connectivity index (χ1) is 14.0.